The zero-order valence-electron chi connectivity index (χ0n) is 17.8. The van der Waals surface area contributed by atoms with Gasteiger partial charge in [-0.2, -0.15) is 5.10 Å². The van der Waals surface area contributed by atoms with Gasteiger partial charge in [-0.3, -0.25) is 13.9 Å². The summed E-state index contributed by atoms with van der Waals surface area (Å²) < 4.78 is 3.82. The van der Waals surface area contributed by atoms with E-state index >= 15 is 0 Å². The summed E-state index contributed by atoms with van der Waals surface area (Å²) in [6.07, 6.45) is 4.43. The molecule has 33 heavy (non-hydrogen) atoms. The Morgan fingerprint density at radius 2 is 1.91 bits per heavy atom. The molecule has 1 amide bonds. The van der Waals surface area contributed by atoms with Crippen molar-refractivity contribution in [2.45, 2.75) is 13.0 Å². The lowest BCUT2D eigenvalue weighted by molar-refractivity contribution is 0.0949. The topological polar surface area (TPSA) is 92.9 Å². The predicted octanol–water partition coefficient (Wildman–Crippen LogP) is 3.58. The lowest BCUT2D eigenvalue weighted by Gasteiger charge is -2.04. The Morgan fingerprint density at radius 3 is 2.88 bits per heavy atom. The molecule has 6 aromatic rings. The number of H-pyrrole nitrogens is 1. The van der Waals surface area contributed by atoms with Crippen LogP contribution in [0, 0.1) is 0 Å². The molecule has 0 radical (unpaired) electrons. The Bertz CT molecular complexity index is 1610. The summed E-state index contributed by atoms with van der Waals surface area (Å²) >= 11 is 0. The molecule has 0 saturated carbocycles. The first-order valence-electron chi connectivity index (χ1n) is 10.8. The highest BCUT2D eigenvalue weighted by atomic mass is 16.1. The van der Waals surface area contributed by atoms with E-state index in [1.54, 1.807) is 0 Å². The van der Waals surface area contributed by atoms with Gasteiger partial charge in [0.15, 0.2) is 11.3 Å². The highest BCUT2D eigenvalue weighted by molar-refractivity contribution is 6.04. The fourth-order valence-corrected chi connectivity index (χ4v) is 4.21. The van der Waals surface area contributed by atoms with E-state index in [4.69, 9.17) is 0 Å². The second-order valence-corrected chi connectivity index (χ2v) is 7.97. The maximum absolute atomic E-state index is 13.0. The van der Waals surface area contributed by atoms with Crippen LogP contribution in [-0.4, -0.2) is 41.8 Å². The molecule has 0 atom stereocenters. The Labute approximate surface area is 188 Å². The molecule has 4 aromatic heterocycles. The van der Waals surface area contributed by atoms with Gasteiger partial charge in [0.1, 0.15) is 5.82 Å². The molecular formula is C25H21N7O. The number of carbonyl (C=O) groups excluding carboxylic acids is 1. The number of nitrogens with one attached hydrogen (secondary N) is 2. The van der Waals surface area contributed by atoms with Crippen molar-refractivity contribution in [2.24, 2.45) is 0 Å². The fraction of sp³-hybridized carbons (Fsp3) is 0.120. The molecule has 8 nitrogen and oxygen atoms in total. The van der Waals surface area contributed by atoms with Crippen molar-refractivity contribution >= 4 is 33.4 Å². The van der Waals surface area contributed by atoms with Gasteiger partial charge < -0.3 is 10.3 Å². The zero-order valence-corrected chi connectivity index (χ0v) is 17.8. The highest BCUT2D eigenvalue weighted by Gasteiger charge is 2.17. The number of carbonyl (C=O) groups is 1. The molecule has 0 saturated heterocycles. The molecule has 0 aliphatic heterocycles. The normalized spacial score (nSPS) is 11.5. The van der Waals surface area contributed by atoms with E-state index in [1.807, 2.05) is 70.0 Å². The van der Waals surface area contributed by atoms with Crippen LogP contribution in [-0.2, 0) is 13.0 Å². The number of benzene rings is 2. The second kappa shape index (κ2) is 7.90. The molecule has 2 N–H and O–H groups in total. The van der Waals surface area contributed by atoms with E-state index in [9.17, 15) is 4.79 Å². The SMILES string of the molecule is O=C(NCCc1nnc2ccccn12)c1nn(Cc2ccc3cc[nH]c3c2)c2ccccc12. The minimum atomic E-state index is -0.196. The largest absolute Gasteiger partial charge is 0.361 e. The number of fused-ring (bicyclic) bond motifs is 3. The molecule has 0 aliphatic rings. The predicted molar refractivity (Wildman–Crippen MR) is 126 cm³/mol. The van der Waals surface area contributed by atoms with Gasteiger partial charge in [0.2, 0.25) is 0 Å². The molecular weight excluding hydrogens is 414 g/mol. The first-order chi connectivity index (χ1) is 16.3. The van der Waals surface area contributed by atoms with E-state index in [-0.39, 0.29) is 5.91 Å². The third-order valence-electron chi connectivity index (χ3n) is 5.84. The number of amides is 1. The average molecular weight is 435 g/mol. The second-order valence-electron chi connectivity index (χ2n) is 7.97. The van der Waals surface area contributed by atoms with E-state index in [0.29, 0.717) is 25.2 Å². The number of aromatic nitrogens is 6. The average Bonchev–Trinajstić information content (AvgIpc) is 3.57. The lowest BCUT2D eigenvalue weighted by atomic mass is 10.1. The zero-order chi connectivity index (χ0) is 22.2. The third-order valence-corrected chi connectivity index (χ3v) is 5.84. The van der Waals surface area contributed by atoms with Crippen molar-refractivity contribution in [3.05, 3.63) is 96.2 Å². The van der Waals surface area contributed by atoms with E-state index in [0.717, 1.165) is 33.5 Å². The summed E-state index contributed by atoms with van der Waals surface area (Å²) in [7, 11) is 0. The van der Waals surface area contributed by atoms with Gasteiger partial charge in [-0.25, -0.2) is 0 Å². The van der Waals surface area contributed by atoms with Crippen molar-refractivity contribution in [3.8, 4) is 0 Å². The van der Waals surface area contributed by atoms with Crippen molar-refractivity contribution in [2.75, 3.05) is 6.54 Å². The fourth-order valence-electron chi connectivity index (χ4n) is 4.21. The van der Waals surface area contributed by atoms with E-state index in [2.05, 4.69) is 43.8 Å². The first-order valence-corrected chi connectivity index (χ1v) is 10.8. The molecule has 162 valence electrons. The summed E-state index contributed by atoms with van der Waals surface area (Å²) in [6, 6.07) is 21.9. The molecule has 0 fully saturated rings. The van der Waals surface area contributed by atoms with Crippen LogP contribution in [0.15, 0.2) is 79.1 Å². The Hall–Kier alpha value is -4.46. The first kappa shape index (κ1) is 19.2. The standard InChI is InChI=1S/C25H21N7O/c33-25(27-13-11-23-29-28-22-7-3-4-14-31(22)23)24-19-5-1-2-6-21(19)32(30-24)16-17-8-9-18-10-12-26-20(18)15-17/h1-10,12,14-15,26H,11,13,16H2,(H,27,33). The lowest BCUT2D eigenvalue weighted by Crippen LogP contribution is -2.27. The van der Waals surface area contributed by atoms with Crippen LogP contribution < -0.4 is 5.32 Å². The Morgan fingerprint density at radius 1 is 1.00 bits per heavy atom. The van der Waals surface area contributed by atoms with Crippen LogP contribution in [0.25, 0.3) is 27.5 Å². The molecule has 8 heteroatoms. The van der Waals surface area contributed by atoms with Crippen LogP contribution in [0.3, 0.4) is 0 Å². The molecule has 2 aromatic carbocycles. The van der Waals surface area contributed by atoms with E-state index < -0.39 is 0 Å². The van der Waals surface area contributed by atoms with Gasteiger partial charge in [0.25, 0.3) is 5.91 Å². The van der Waals surface area contributed by atoms with Gasteiger partial charge in [-0.1, -0.05) is 36.4 Å². The number of pyridine rings is 1. The van der Waals surface area contributed by atoms with Gasteiger partial charge >= 0.3 is 0 Å². The highest BCUT2D eigenvalue weighted by Crippen LogP contribution is 2.21. The number of hydrogen-bond acceptors (Lipinski definition) is 4. The van der Waals surface area contributed by atoms with Gasteiger partial charge in [0, 0.05) is 36.3 Å². The maximum Gasteiger partial charge on any atom is 0.272 e. The van der Waals surface area contributed by atoms with Gasteiger partial charge in [-0.15, -0.1) is 10.2 Å². The molecule has 0 spiro atoms. The molecule has 0 bridgehead atoms. The number of hydrogen-bond donors (Lipinski definition) is 2. The summed E-state index contributed by atoms with van der Waals surface area (Å²) in [5.41, 5.74) is 4.35. The maximum atomic E-state index is 13.0. The monoisotopic (exact) mass is 435 g/mol. The van der Waals surface area contributed by atoms with E-state index in [1.165, 1.54) is 5.39 Å². The van der Waals surface area contributed by atoms with Crippen LogP contribution in [0.2, 0.25) is 0 Å². The van der Waals surface area contributed by atoms with Crippen LogP contribution in [0.4, 0.5) is 0 Å². The Balaban J connectivity index is 1.23. The van der Waals surface area contributed by atoms with Crippen molar-refractivity contribution in [1.29, 1.82) is 0 Å². The molecule has 0 unspecified atom stereocenters. The minimum Gasteiger partial charge on any atom is -0.361 e. The van der Waals surface area contributed by atoms with Gasteiger partial charge in [0.05, 0.1) is 12.1 Å². The smallest absolute Gasteiger partial charge is 0.272 e. The quantitative estimate of drug-likeness (QED) is 0.418. The summed E-state index contributed by atoms with van der Waals surface area (Å²) in [6.45, 7) is 1.02. The Kier molecular flexibility index (Phi) is 4.61. The van der Waals surface area contributed by atoms with Crippen molar-refractivity contribution in [1.82, 2.24) is 34.7 Å². The van der Waals surface area contributed by atoms with Gasteiger partial charge in [-0.05, 0) is 41.3 Å². The van der Waals surface area contributed by atoms with Crippen LogP contribution in [0.5, 0.6) is 0 Å². The van der Waals surface area contributed by atoms with Crippen LogP contribution in [0.1, 0.15) is 21.9 Å². The van der Waals surface area contributed by atoms with Crippen molar-refractivity contribution < 1.29 is 4.79 Å². The molecule has 6 rings (SSSR count). The third kappa shape index (κ3) is 3.51. The minimum absolute atomic E-state index is 0.196. The molecule has 4 heterocycles. The number of rotatable bonds is 6. The molecule has 0 aliphatic carbocycles. The number of nitrogens with zero attached hydrogens (tertiary/aromatic N) is 5. The number of aromatic amines is 1. The van der Waals surface area contributed by atoms with Crippen molar-refractivity contribution in [3.63, 3.8) is 0 Å². The summed E-state index contributed by atoms with van der Waals surface area (Å²) in [5.74, 6) is 0.611. The number of para-hydroxylation sites is 1. The summed E-state index contributed by atoms with van der Waals surface area (Å²) in [4.78, 5) is 16.3. The summed E-state index contributed by atoms with van der Waals surface area (Å²) in [5, 5.41) is 18.1. The van der Waals surface area contributed by atoms with Crippen LogP contribution >= 0.6 is 0 Å².